The highest BCUT2D eigenvalue weighted by Crippen LogP contribution is 2.47. The van der Waals surface area contributed by atoms with Crippen molar-refractivity contribution >= 4 is 40.0 Å². The number of benzene rings is 3. The lowest BCUT2D eigenvalue weighted by Crippen LogP contribution is -2.35. The Morgan fingerprint density at radius 2 is 1.59 bits per heavy atom. The number of hydroxylamine groups is 1. The molecule has 4 aromatic rings. The third-order valence-corrected chi connectivity index (χ3v) is 7.05. The topological polar surface area (TPSA) is 148 Å². The van der Waals surface area contributed by atoms with E-state index in [1.165, 1.54) is 49.7 Å². The van der Waals surface area contributed by atoms with Crippen LogP contribution >= 0.6 is 0 Å². The molecule has 1 aromatic heterocycles. The number of hydrogen-bond acceptors (Lipinski definition) is 8. The Bertz CT molecular complexity index is 1710. The van der Waals surface area contributed by atoms with E-state index in [-0.39, 0.29) is 30.2 Å². The molecule has 1 saturated carbocycles. The zero-order valence-corrected chi connectivity index (χ0v) is 23.5. The lowest BCUT2D eigenvalue weighted by molar-refractivity contribution is -0.131. The molecule has 1 heterocycles. The Kier molecular flexibility index (Phi) is 8.86. The van der Waals surface area contributed by atoms with Gasteiger partial charge >= 0.3 is 0 Å². The van der Waals surface area contributed by atoms with E-state index in [0.29, 0.717) is 47.4 Å². The third kappa shape index (κ3) is 6.68. The quantitative estimate of drug-likeness (QED) is 0.0732. The van der Waals surface area contributed by atoms with Gasteiger partial charge in [-0.15, -0.1) is 0 Å². The van der Waals surface area contributed by atoms with Crippen LogP contribution in [0, 0.1) is 17.0 Å². The molecule has 44 heavy (non-hydrogen) atoms. The van der Waals surface area contributed by atoms with Crippen molar-refractivity contribution in [2.24, 2.45) is 5.41 Å². The maximum Gasteiger partial charge on any atom is 0.243 e. The number of nitrogens with zero attached hydrogens (tertiary/aromatic N) is 1. The highest BCUT2D eigenvalue weighted by molar-refractivity contribution is 6.16. The number of nitrogens with one attached hydrogen (secondary N) is 3. The molecule has 13 heteroatoms. The summed E-state index contributed by atoms with van der Waals surface area (Å²) in [5, 5.41) is 14.4. The minimum Gasteiger partial charge on any atom is -0.493 e. The van der Waals surface area contributed by atoms with E-state index in [0.717, 1.165) is 6.07 Å². The fourth-order valence-electron chi connectivity index (χ4n) is 4.46. The average Bonchev–Trinajstić information content (AvgIpc) is 3.84. The second kappa shape index (κ2) is 12.9. The first-order chi connectivity index (χ1) is 21.2. The van der Waals surface area contributed by atoms with Crippen LogP contribution in [0.3, 0.4) is 0 Å². The molecule has 3 amide bonds. The van der Waals surface area contributed by atoms with E-state index in [1.54, 1.807) is 23.7 Å². The molecule has 1 aliphatic rings. The van der Waals surface area contributed by atoms with Crippen molar-refractivity contribution in [3.8, 4) is 23.0 Å². The summed E-state index contributed by atoms with van der Waals surface area (Å²) in [4.78, 5) is 41.4. The number of fused-ring (bicyclic) bond motifs is 1. The maximum atomic E-state index is 15.2. The molecule has 4 N–H and O–H groups in total. The predicted molar refractivity (Wildman–Crippen MR) is 155 cm³/mol. The number of rotatable bonds is 12. The van der Waals surface area contributed by atoms with Crippen LogP contribution in [0.4, 0.5) is 20.2 Å². The van der Waals surface area contributed by atoms with Crippen molar-refractivity contribution in [2.75, 3.05) is 24.4 Å². The Hall–Kier alpha value is -5.30. The second-order valence-corrected chi connectivity index (χ2v) is 10.1. The molecule has 0 radical (unpaired) electrons. The van der Waals surface area contributed by atoms with Crippen molar-refractivity contribution in [2.45, 2.75) is 25.7 Å². The van der Waals surface area contributed by atoms with Gasteiger partial charge in [0.15, 0.2) is 23.1 Å². The van der Waals surface area contributed by atoms with Crippen LogP contribution in [0.5, 0.6) is 23.0 Å². The van der Waals surface area contributed by atoms with Crippen molar-refractivity contribution < 1.29 is 42.6 Å². The average molecular weight is 607 g/mol. The standard InChI is InChI=1S/C31H28F2N4O7/c1-42-26-17-23-21(16-27(26)43-14-2-3-28(38)37-41)24(10-13-34-23)44-25-9-8-20(15-22(25)33)36-30(40)31(11-12-31)29(39)35-19-6-4-18(32)5-7-19/h4-10,13,15-17,41H,2-3,11-12,14H2,1H3,(H,35,39)(H,36,40)(H,37,38). The van der Waals surface area contributed by atoms with Crippen LogP contribution in [0.25, 0.3) is 10.9 Å². The molecule has 0 bridgehead atoms. The molecule has 11 nitrogen and oxygen atoms in total. The molecule has 0 unspecified atom stereocenters. The minimum atomic E-state index is -1.30. The smallest absolute Gasteiger partial charge is 0.243 e. The first-order valence-electron chi connectivity index (χ1n) is 13.6. The summed E-state index contributed by atoms with van der Waals surface area (Å²) < 4.78 is 45.4. The molecule has 0 saturated heterocycles. The van der Waals surface area contributed by atoms with E-state index < -0.39 is 34.8 Å². The van der Waals surface area contributed by atoms with Gasteiger partial charge in [-0.2, -0.15) is 0 Å². The number of hydrogen-bond donors (Lipinski definition) is 4. The number of aromatic nitrogens is 1. The zero-order chi connectivity index (χ0) is 31.3. The SMILES string of the molecule is COc1cc2nccc(Oc3ccc(NC(=O)C4(C(=O)Nc5ccc(F)cc5)CC4)cc3F)c2cc1OCCCC(=O)NO. The van der Waals surface area contributed by atoms with Gasteiger partial charge in [0.25, 0.3) is 0 Å². The van der Waals surface area contributed by atoms with E-state index in [4.69, 9.17) is 19.4 Å². The van der Waals surface area contributed by atoms with Crippen LogP contribution in [-0.2, 0) is 14.4 Å². The molecule has 5 rings (SSSR count). The van der Waals surface area contributed by atoms with E-state index in [2.05, 4.69) is 15.6 Å². The number of amides is 3. The summed E-state index contributed by atoms with van der Waals surface area (Å²) in [6.45, 7) is 0.155. The largest absolute Gasteiger partial charge is 0.493 e. The monoisotopic (exact) mass is 606 g/mol. The van der Waals surface area contributed by atoms with E-state index in [1.807, 2.05) is 0 Å². The molecular formula is C31H28F2N4O7. The van der Waals surface area contributed by atoms with Crippen LogP contribution in [0.1, 0.15) is 25.7 Å². The van der Waals surface area contributed by atoms with Gasteiger partial charge in [-0.1, -0.05) is 0 Å². The summed E-state index contributed by atoms with van der Waals surface area (Å²) in [5.74, 6) is -1.98. The van der Waals surface area contributed by atoms with Gasteiger partial charge in [-0.05, 0) is 67.8 Å². The molecule has 0 atom stereocenters. The van der Waals surface area contributed by atoms with Crippen molar-refractivity contribution in [3.63, 3.8) is 0 Å². The summed E-state index contributed by atoms with van der Waals surface area (Å²) in [5.41, 5.74) is 1.24. The summed E-state index contributed by atoms with van der Waals surface area (Å²) in [6.07, 6.45) is 2.52. The summed E-state index contributed by atoms with van der Waals surface area (Å²) in [7, 11) is 1.46. The molecule has 3 aromatic carbocycles. The van der Waals surface area contributed by atoms with Gasteiger partial charge in [0, 0.05) is 41.5 Å². The minimum absolute atomic E-state index is 0.0578. The maximum absolute atomic E-state index is 15.2. The fourth-order valence-corrected chi connectivity index (χ4v) is 4.46. The first kappa shape index (κ1) is 30.2. The molecule has 1 aliphatic carbocycles. The Labute approximate surface area is 250 Å². The summed E-state index contributed by atoms with van der Waals surface area (Å²) in [6, 6.07) is 13.9. The second-order valence-electron chi connectivity index (χ2n) is 10.1. The summed E-state index contributed by atoms with van der Waals surface area (Å²) >= 11 is 0. The van der Waals surface area contributed by atoms with Crippen LogP contribution in [0.2, 0.25) is 0 Å². The van der Waals surface area contributed by atoms with Gasteiger partial charge in [0.05, 0.1) is 19.2 Å². The number of pyridine rings is 1. The zero-order valence-electron chi connectivity index (χ0n) is 23.5. The number of carbonyl (C=O) groups is 3. The normalized spacial score (nSPS) is 13.1. The Balaban J connectivity index is 1.28. The van der Waals surface area contributed by atoms with Crippen molar-refractivity contribution in [1.82, 2.24) is 10.5 Å². The Morgan fingerprint density at radius 1 is 0.886 bits per heavy atom. The number of methoxy groups -OCH3 is 1. The van der Waals surface area contributed by atoms with Gasteiger partial charge in [-0.25, -0.2) is 14.3 Å². The molecule has 0 aliphatic heterocycles. The van der Waals surface area contributed by atoms with Crippen molar-refractivity contribution in [3.05, 3.63) is 78.5 Å². The highest BCUT2D eigenvalue weighted by atomic mass is 19.1. The Morgan fingerprint density at radius 3 is 2.25 bits per heavy atom. The number of carbonyl (C=O) groups excluding carboxylic acids is 3. The van der Waals surface area contributed by atoms with Crippen LogP contribution < -0.4 is 30.3 Å². The fraction of sp³-hybridized carbons (Fsp3) is 0.226. The molecular weight excluding hydrogens is 578 g/mol. The van der Waals surface area contributed by atoms with Gasteiger partial charge in [-0.3, -0.25) is 24.6 Å². The lowest BCUT2D eigenvalue weighted by Gasteiger charge is -2.16. The third-order valence-electron chi connectivity index (χ3n) is 7.05. The van der Waals surface area contributed by atoms with Gasteiger partial charge in [0.2, 0.25) is 17.7 Å². The van der Waals surface area contributed by atoms with Gasteiger partial charge < -0.3 is 24.8 Å². The van der Waals surface area contributed by atoms with E-state index >= 15 is 4.39 Å². The lowest BCUT2D eigenvalue weighted by atomic mass is 10.0. The molecule has 0 spiro atoms. The number of halogens is 2. The first-order valence-corrected chi connectivity index (χ1v) is 13.6. The van der Waals surface area contributed by atoms with Crippen LogP contribution in [0.15, 0.2) is 66.9 Å². The van der Waals surface area contributed by atoms with Crippen molar-refractivity contribution in [1.29, 1.82) is 0 Å². The number of ether oxygens (including phenoxy) is 3. The highest BCUT2D eigenvalue weighted by Gasteiger charge is 2.56. The van der Waals surface area contributed by atoms with E-state index in [9.17, 15) is 18.8 Å². The van der Waals surface area contributed by atoms with Crippen LogP contribution in [-0.4, -0.2) is 41.6 Å². The number of anilines is 2. The van der Waals surface area contributed by atoms with Gasteiger partial charge in [0.1, 0.15) is 17.0 Å². The molecule has 228 valence electrons. The molecule has 1 fully saturated rings. The predicted octanol–water partition coefficient (Wildman–Crippen LogP) is 5.34.